The molecule has 10 heteroatoms. The minimum absolute atomic E-state index is 0. The van der Waals surface area contributed by atoms with Crippen molar-refractivity contribution in [2.75, 3.05) is 57.6 Å². The van der Waals surface area contributed by atoms with E-state index in [0.717, 1.165) is 50.8 Å². The maximum atomic E-state index is 12.6. The molecule has 2 aliphatic rings. The number of nitrogens with zero attached hydrogens (tertiary/aromatic N) is 5. The van der Waals surface area contributed by atoms with E-state index < -0.39 is 0 Å². The molecule has 0 spiro atoms. The largest absolute Gasteiger partial charge is 0.381 e. The Bertz CT molecular complexity index is 662. The monoisotopic (exact) mass is 508 g/mol. The van der Waals surface area contributed by atoms with Crippen molar-refractivity contribution in [2.24, 2.45) is 12.0 Å². The van der Waals surface area contributed by atoms with Crippen LogP contribution in [0.1, 0.15) is 12.8 Å². The summed E-state index contributed by atoms with van der Waals surface area (Å²) in [6.07, 6.45) is 7.83. The summed E-state index contributed by atoms with van der Waals surface area (Å²) in [5.41, 5.74) is 0.851. The number of piperazine rings is 1. The summed E-state index contributed by atoms with van der Waals surface area (Å²) in [7, 11) is 3.63. The van der Waals surface area contributed by atoms with Crippen molar-refractivity contribution in [3.63, 3.8) is 0 Å². The molecule has 0 atom stereocenters. The lowest BCUT2D eigenvalue weighted by Gasteiger charge is -2.39. The number of carbonyl (C=O) groups is 1. The minimum Gasteiger partial charge on any atom is -0.381 e. The number of amides is 1. The summed E-state index contributed by atoms with van der Waals surface area (Å²) in [5.74, 6) is 0.863. The third-order valence-corrected chi connectivity index (χ3v) is 6.56. The summed E-state index contributed by atoms with van der Waals surface area (Å²) < 4.78 is 7.40. The number of carbonyl (C=O) groups excluding carboxylic acids is 1. The molecule has 0 unspecified atom stereocenters. The molecule has 1 amide bonds. The average Bonchev–Trinajstić information content (AvgIpc) is 3.09. The molecular formula is C17H29IN6O2S. The van der Waals surface area contributed by atoms with Crippen LogP contribution in [0.4, 0.5) is 5.69 Å². The van der Waals surface area contributed by atoms with Gasteiger partial charge in [0.2, 0.25) is 5.91 Å². The Morgan fingerprint density at radius 1 is 1.41 bits per heavy atom. The highest BCUT2D eigenvalue weighted by atomic mass is 127. The molecule has 0 aliphatic carbocycles. The van der Waals surface area contributed by atoms with Gasteiger partial charge < -0.3 is 19.9 Å². The molecule has 0 radical (unpaired) electrons. The zero-order valence-corrected chi connectivity index (χ0v) is 19.3. The number of hydrogen-bond donors (Lipinski definition) is 1. The van der Waals surface area contributed by atoms with Crippen molar-refractivity contribution < 1.29 is 9.53 Å². The van der Waals surface area contributed by atoms with Gasteiger partial charge in [0.1, 0.15) is 6.54 Å². The third kappa shape index (κ3) is 5.29. The zero-order valence-electron chi connectivity index (χ0n) is 16.2. The van der Waals surface area contributed by atoms with Crippen molar-refractivity contribution in [3.8, 4) is 0 Å². The molecule has 3 rings (SSSR count). The third-order valence-electron chi connectivity index (χ3n) is 5.14. The van der Waals surface area contributed by atoms with Crippen LogP contribution < -0.4 is 10.2 Å². The van der Waals surface area contributed by atoms with E-state index in [-0.39, 0.29) is 34.6 Å². The predicted molar refractivity (Wildman–Crippen MR) is 120 cm³/mol. The molecule has 2 fully saturated rings. The van der Waals surface area contributed by atoms with Gasteiger partial charge in [0, 0.05) is 57.9 Å². The van der Waals surface area contributed by atoms with Gasteiger partial charge in [-0.2, -0.15) is 16.9 Å². The highest BCUT2D eigenvalue weighted by molar-refractivity contribution is 14.0. The molecule has 0 bridgehead atoms. The van der Waals surface area contributed by atoms with Crippen LogP contribution in [0.2, 0.25) is 0 Å². The van der Waals surface area contributed by atoms with E-state index >= 15 is 0 Å². The molecule has 2 aliphatic heterocycles. The lowest BCUT2D eigenvalue weighted by atomic mass is 9.99. The van der Waals surface area contributed by atoms with E-state index in [1.165, 1.54) is 0 Å². The highest BCUT2D eigenvalue weighted by Gasteiger charge is 2.33. The summed E-state index contributed by atoms with van der Waals surface area (Å²) in [6.45, 7) is 4.15. The first-order valence-electron chi connectivity index (χ1n) is 8.94. The van der Waals surface area contributed by atoms with E-state index in [2.05, 4.69) is 21.7 Å². The molecule has 1 aromatic heterocycles. The number of aliphatic imine (C=N–C) groups is 1. The molecule has 2 saturated heterocycles. The first kappa shape index (κ1) is 22.3. The lowest BCUT2D eigenvalue weighted by Crippen LogP contribution is -2.57. The van der Waals surface area contributed by atoms with E-state index in [9.17, 15) is 4.79 Å². The van der Waals surface area contributed by atoms with Gasteiger partial charge in [-0.3, -0.25) is 14.5 Å². The van der Waals surface area contributed by atoms with Crippen LogP contribution in [-0.2, 0) is 16.6 Å². The van der Waals surface area contributed by atoms with E-state index in [1.54, 1.807) is 22.8 Å². The standard InChI is InChI=1S/C17H28N6O2S.HI/c1-18-16(19-13-17(26-3)4-8-25-9-5-17)22-6-7-23(15(24)12-22)14-10-20-21(2)11-14;/h10-11H,4-9,12-13H2,1-3H3,(H,18,19);1H. The second-order valence-corrected chi connectivity index (χ2v) is 8.01. The number of anilines is 1. The fraction of sp³-hybridized carbons (Fsp3) is 0.706. The van der Waals surface area contributed by atoms with Crippen molar-refractivity contribution in [1.82, 2.24) is 20.0 Å². The van der Waals surface area contributed by atoms with Crippen LogP contribution in [0.3, 0.4) is 0 Å². The summed E-state index contributed by atoms with van der Waals surface area (Å²) >= 11 is 1.89. The first-order valence-corrected chi connectivity index (χ1v) is 10.2. The van der Waals surface area contributed by atoms with Crippen molar-refractivity contribution in [3.05, 3.63) is 12.4 Å². The molecule has 0 aromatic carbocycles. The Kier molecular flexibility index (Phi) is 8.22. The van der Waals surface area contributed by atoms with Gasteiger partial charge in [0.15, 0.2) is 5.96 Å². The second-order valence-electron chi connectivity index (χ2n) is 6.74. The zero-order chi connectivity index (χ0) is 18.6. The fourth-order valence-corrected chi connectivity index (χ4v) is 4.23. The van der Waals surface area contributed by atoms with Gasteiger partial charge in [-0.05, 0) is 19.1 Å². The van der Waals surface area contributed by atoms with Gasteiger partial charge in [-0.15, -0.1) is 24.0 Å². The van der Waals surface area contributed by atoms with Crippen molar-refractivity contribution in [1.29, 1.82) is 0 Å². The number of thioether (sulfide) groups is 1. The maximum Gasteiger partial charge on any atom is 0.246 e. The normalized spacial score (nSPS) is 20.4. The van der Waals surface area contributed by atoms with Crippen LogP contribution in [0, 0.1) is 0 Å². The number of ether oxygens (including phenoxy) is 1. The van der Waals surface area contributed by atoms with E-state index in [1.807, 2.05) is 29.9 Å². The van der Waals surface area contributed by atoms with Crippen LogP contribution in [-0.4, -0.2) is 84.0 Å². The lowest BCUT2D eigenvalue weighted by molar-refractivity contribution is -0.120. The van der Waals surface area contributed by atoms with Gasteiger partial charge >= 0.3 is 0 Å². The molecular weight excluding hydrogens is 479 g/mol. The van der Waals surface area contributed by atoms with Gasteiger partial charge in [-0.1, -0.05) is 0 Å². The van der Waals surface area contributed by atoms with Crippen LogP contribution >= 0.6 is 35.7 Å². The summed E-state index contributed by atoms with van der Waals surface area (Å²) in [5, 5.41) is 7.65. The Hall–Kier alpha value is -1.01. The number of nitrogens with one attached hydrogen (secondary N) is 1. The average molecular weight is 508 g/mol. The van der Waals surface area contributed by atoms with Crippen LogP contribution in [0.25, 0.3) is 0 Å². The Balaban J connectivity index is 0.00000261. The second kappa shape index (κ2) is 9.97. The molecule has 0 saturated carbocycles. The predicted octanol–water partition coefficient (Wildman–Crippen LogP) is 1.17. The minimum atomic E-state index is 0. The number of halogens is 1. The van der Waals surface area contributed by atoms with Gasteiger partial charge in [-0.25, -0.2) is 0 Å². The highest BCUT2D eigenvalue weighted by Crippen LogP contribution is 2.33. The van der Waals surface area contributed by atoms with E-state index in [4.69, 9.17) is 4.74 Å². The first-order chi connectivity index (χ1) is 12.6. The topological polar surface area (TPSA) is 75.0 Å². The number of aromatic nitrogens is 2. The molecule has 27 heavy (non-hydrogen) atoms. The van der Waals surface area contributed by atoms with Crippen LogP contribution in [0.5, 0.6) is 0 Å². The van der Waals surface area contributed by atoms with Crippen molar-refractivity contribution >= 4 is 53.3 Å². The summed E-state index contributed by atoms with van der Waals surface area (Å²) in [4.78, 5) is 20.8. The van der Waals surface area contributed by atoms with Gasteiger partial charge in [0.25, 0.3) is 0 Å². The van der Waals surface area contributed by atoms with Crippen LogP contribution in [0.15, 0.2) is 17.4 Å². The number of guanidine groups is 1. The van der Waals surface area contributed by atoms with Crippen molar-refractivity contribution in [2.45, 2.75) is 17.6 Å². The summed E-state index contributed by atoms with van der Waals surface area (Å²) in [6, 6.07) is 0. The fourth-order valence-electron chi connectivity index (χ4n) is 3.44. The molecule has 8 nitrogen and oxygen atoms in total. The Morgan fingerprint density at radius 3 is 2.70 bits per heavy atom. The Labute approximate surface area is 182 Å². The SMILES string of the molecule is CN=C(NCC1(SC)CCOCC1)N1CCN(c2cnn(C)c2)C(=O)C1.I. The molecule has 3 heterocycles. The maximum absolute atomic E-state index is 12.6. The quantitative estimate of drug-likeness (QED) is 0.374. The van der Waals surface area contributed by atoms with Gasteiger partial charge in [0.05, 0.1) is 11.9 Å². The molecule has 1 N–H and O–H groups in total. The smallest absolute Gasteiger partial charge is 0.246 e. The molecule has 152 valence electrons. The number of rotatable bonds is 4. The van der Waals surface area contributed by atoms with E-state index in [0.29, 0.717) is 13.1 Å². The number of aryl methyl sites for hydroxylation is 1. The number of hydrogen-bond acceptors (Lipinski definition) is 5. The Morgan fingerprint density at radius 2 is 2.15 bits per heavy atom. The molecule has 1 aromatic rings.